The van der Waals surface area contributed by atoms with E-state index in [1.165, 1.54) is 30.9 Å². The highest BCUT2D eigenvalue weighted by Gasteiger charge is 2.15. The SMILES string of the molecule is CCCCC(C)C(Cc1ccc(F)c(Br)c1)NC. The highest BCUT2D eigenvalue weighted by atomic mass is 79.9. The summed E-state index contributed by atoms with van der Waals surface area (Å²) < 4.78 is 13.7. The molecule has 0 saturated heterocycles. The normalized spacial score (nSPS) is 14.5. The molecule has 0 aliphatic carbocycles. The summed E-state index contributed by atoms with van der Waals surface area (Å²) in [6.07, 6.45) is 4.69. The zero-order valence-corrected chi connectivity index (χ0v) is 13.1. The van der Waals surface area contributed by atoms with E-state index in [4.69, 9.17) is 0 Å². The predicted molar refractivity (Wildman–Crippen MR) is 79.3 cm³/mol. The molecule has 18 heavy (non-hydrogen) atoms. The molecule has 0 bridgehead atoms. The number of unbranched alkanes of at least 4 members (excludes halogenated alkanes) is 1. The molecule has 0 saturated carbocycles. The van der Waals surface area contributed by atoms with E-state index >= 15 is 0 Å². The van der Waals surface area contributed by atoms with Gasteiger partial charge in [-0.05, 0) is 59.4 Å². The van der Waals surface area contributed by atoms with E-state index in [0.29, 0.717) is 16.4 Å². The van der Waals surface area contributed by atoms with Crippen molar-refractivity contribution in [2.24, 2.45) is 5.92 Å². The first-order chi connectivity index (χ1) is 8.58. The van der Waals surface area contributed by atoms with Gasteiger partial charge in [0.1, 0.15) is 5.82 Å². The first-order valence-electron chi connectivity index (χ1n) is 6.69. The fourth-order valence-electron chi connectivity index (χ4n) is 2.24. The molecule has 2 atom stereocenters. The van der Waals surface area contributed by atoms with Gasteiger partial charge < -0.3 is 5.32 Å². The van der Waals surface area contributed by atoms with Crippen molar-refractivity contribution in [2.45, 2.75) is 45.6 Å². The van der Waals surface area contributed by atoms with E-state index in [9.17, 15) is 4.39 Å². The average molecular weight is 316 g/mol. The second-order valence-electron chi connectivity index (χ2n) is 4.97. The fraction of sp³-hybridized carbons (Fsp3) is 0.600. The Morgan fingerprint density at radius 3 is 2.67 bits per heavy atom. The van der Waals surface area contributed by atoms with E-state index in [-0.39, 0.29) is 5.82 Å². The quantitative estimate of drug-likeness (QED) is 0.778. The molecule has 1 aromatic carbocycles. The highest BCUT2D eigenvalue weighted by molar-refractivity contribution is 9.10. The van der Waals surface area contributed by atoms with E-state index in [2.05, 4.69) is 35.1 Å². The minimum absolute atomic E-state index is 0.196. The Labute approximate surface area is 118 Å². The molecule has 0 amide bonds. The maximum atomic E-state index is 13.2. The van der Waals surface area contributed by atoms with Gasteiger partial charge in [-0.3, -0.25) is 0 Å². The van der Waals surface area contributed by atoms with Gasteiger partial charge in [-0.2, -0.15) is 0 Å². The zero-order chi connectivity index (χ0) is 13.5. The summed E-state index contributed by atoms with van der Waals surface area (Å²) >= 11 is 3.24. The van der Waals surface area contributed by atoms with Crippen LogP contribution in [-0.4, -0.2) is 13.1 Å². The molecule has 0 aliphatic rings. The van der Waals surface area contributed by atoms with Crippen molar-refractivity contribution in [1.82, 2.24) is 5.32 Å². The topological polar surface area (TPSA) is 12.0 Å². The van der Waals surface area contributed by atoms with Crippen LogP contribution in [0.25, 0.3) is 0 Å². The third-order valence-electron chi connectivity index (χ3n) is 3.51. The summed E-state index contributed by atoms with van der Waals surface area (Å²) in [5.41, 5.74) is 1.17. The summed E-state index contributed by atoms with van der Waals surface area (Å²) in [6, 6.07) is 5.74. The summed E-state index contributed by atoms with van der Waals surface area (Å²) in [7, 11) is 2.01. The van der Waals surface area contributed by atoms with Crippen LogP contribution in [0.3, 0.4) is 0 Å². The van der Waals surface area contributed by atoms with Crippen molar-refractivity contribution in [3.63, 3.8) is 0 Å². The van der Waals surface area contributed by atoms with Crippen LogP contribution in [0.5, 0.6) is 0 Å². The van der Waals surface area contributed by atoms with Crippen LogP contribution in [-0.2, 0) is 6.42 Å². The molecule has 102 valence electrons. The van der Waals surface area contributed by atoms with Gasteiger partial charge in [-0.15, -0.1) is 0 Å². The molecule has 1 N–H and O–H groups in total. The third kappa shape index (κ3) is 4.69. The van der Waals surface area contributed by atoms with E-state index in [1.54, 1.807) is 0 Å². The number of benzene rings is 1. The van der Waals surface area contributed by atoms with Gasteiger partial charge in [0.05, 0.1) is 4.47 Å². The van der Waals surface area contributed by atoms with Crippen molar-refractivity contribution < 1.29 is 4.39 Å². The number of nitrogens with one attached hydrogen (secondary N) is 1. The molecule has 0 aromatic heterocycles. The maximum absolute atomic E-state index is 13.2. The summed E-state index contributed by atoms with van der Waals surface area (Å²) in [5.74, 6) is 0.442. The smallest absolute Gasteiger partial charge is 0.137 e. The van der Waals surface area contributed by atoms with E-state index < -0.39 is 0 Å². The predicted octanol–water partition coefficient (Wildman–Crippen LogP) is 4.55. The monoisotopic (exact) mass is 315 g/mol. The molecule has 0 aliphatic heterocycles. The van der Waals surface area contributed by atoms with Crippen molar-refractivity contribution in [2.75, 3.05) is 7.05 Å². The fourth-order valence-corrected chi connectivity index (χ4v) is 2.66. The second-order valence-corrected chi connectivity index (χ2v) is 5.82. The third-order valence-corrected chi connectivity index (χ3v) is 4.12. The first-order valence-corrected chi connectivity index (χ1v) is 7.49. The largest absolute Gasteiger partial charge is 0.316 e. The first kappa shape index (κ1) is 15.6. The van der Waals surface area contributed by atoms with Crippen molar-refractivity contribution in [3.8, 4) is 0 Å². The Bertz CT molecular complexity index is 368. The molecule has 0 spiro atoms. The van der Waals surface area contributed by atoms with Gasteiger partial charge in [0.15, 0.2) is 0 Å². The Balaban J connectivity index is 2.64. The van der Waals surface area contributed by atoms with Crippen LogP contribution in [0.1, 0.15) is 38.7 Å². The summed E-state index contributed by atoms with van der Waals surface area (Å²) in [5, 5.41) is 3.38. The Morgan fingerprint density at radius 1 is 1.39 bits per heavy atom. The van der Waals surface area contributed by atoms with Crippen molar-refractivity contribution >= 4 is 15.9 Å². The van der Waals surface area contributed by atoms with Crippen LogP contribution in [0.2, 0.25) is 0 Å². The Hall–Kier alpha value is -0.410. The molecule has 1 aromatic rings. The number of rotatable bonds is 7. The van der Waals surface area contributed by atoms with Crippen LogP contribution in [0, 0.1) is 11.7 Å². The Kier molecular flexibility index (Phi) is 6.87. The molecule has 2 unspecified atom stereocenters. The number of halogens is 2. The van der Waals surface area contributed by atoms with Gasteiger partial charge in [-0.25, -0.2) is 4.39 Å². The van der Waals surface area contributed by atoms with Crippen LogP contribution < -0.4 is 5.32 Å². The molecule has 3 heteroatoms. The molecule has 1 rings (SSSR count). The molecular weight excluding hydrogens is 293 g/mol. The molecule has 1 nitrogen and oxygen atoms in total. The lowest BCUT2D eigenvalue weighted by molar-refractivity contribution is 0.365. The number of hydrogen-bond acceptors (Lipinski definition) is 1. The molecule has 0 radical (unpaired) electrons. The van der Waals surface area contributed by atoms with E-state index in [0.717, 1.165) is 6.42 Å². The van der Waals surface area contributed by atoms with Gasteiger partial charge >= 0.3 is 0 Å². The molecule has 0 fully saturated rings. The highest BCUT2D eigenvalue weighted by Crippen LogP contribution is 2.20. The van der Waals surface area contributed by atoms with Gasteiger partial charge in [0.2, 0.25) is 0 Å². The van der Waals surface area contributed by atoms with Crippen molar-refractivity contribution in [3.05, 3.63) is 34.1 Å². The molecule has 0 heterocycles. The standard InChI is InChI=1S/C15H23BrFN/c1-4-5-6-11(2)15(18-3)10-12-7-8-14(17)13(16)9-12/h7-9,11,15,18H,4-6,10H2,1-3H3. The number of likely N-dealkylation sites (N-methyl/N-ethyl adjacent to an activating group) is 1. The summed E-state index contributed by atoms with van der Waals surface area (Å²) in [4.78, 5) is 0. The van der Waals surface area contributed by atoms with Gasteiger partial charge in [-0.1, -0.05) is 32.8 Å². The average Bonchev–Trinajstić information content (AvgIpc) is 2.37. The second kappa shape index (κ2) is 7.90. The number of hydrogen-bond donors (Lipinski definition) is 1. The molecular formula is C15H23BrFN. The summed E-state index contributed by atoms with van der Waals surface area (Å²) in [6.45, 7) is 4.51. The zero-order valence-electron chi connectivity index (χ0n) is 11.5. The lowest BCUT2D eigenvalue weighted by atomic mass is 9.91. The lowest BCUT2D eigenvalue weighted by Crippen LogP contribution is -2.34. The Morgan fingerprint density at radius 2 is 2.11 bits per heavy atom. The maximum Gasteiger partial charge on any atom is 0.137 e. The van der Waals surface area contributed by atoms with Crippen LogP contribution in [0.4, 0.5) is 4.39 Å². The van der Waals surface area contributed by atoms with E-state index in [1.807, 2.05) is 19.2 Å². The minimum Gasteiger partial charge on any atom is -0.316 e. The minimum atomic E-state index is -0.196. The van der Waals surface area contributed by atoms with Gasteiger partial charge in [0, 0.05) is 6.04 Å². The lowest BCUT2D eigenvalue weighted by Gasteiger charge is -2.23. The van der Waals surface area contributed by atoms with Crippen molar-refractivity contribution in [1.29, 1.82) is 0 Å². The van der Waals surface area contributed by atoms with Crippen LogP contribution in [0.15, 0.2) is 22.7 Å². The van der Waals surface area contributed by atoms with Crippen LogP contribution >= 0.6 is 15.9 Å². The van der Waals surface area contributed by atoms with Gasteiger partial charge in [0.25, 0.3) is 0 Å².